The van der Waals surface area contributed by atoms with E-state index in [-0.39, 0.29) is 5.11 Å². The van der Waals surface area contributed by atoms with Crippen LogP contribution in [0.2, 0.25) is 15.1 Å². The molecule has 180 valence electrons. The van der Waals surface area contributed by atoms with Gasteiger partial charge in [-0.3, -0.25) is 10.1 Å². The Bertz CT molecular complexity index is 1420. The summed E-state index contributed by atoms with van der Waals surface area (Å²) in [6.45, 7) is 3.66. The van der Waals surface area contributed by atoms with Gasteiger partial charge in [0.05, 0.1) is 15.7 Å². The van der Waals surface area contributed by atoms with E-state index < -0.39 is 12.0 Å². The Balaban J connectivity index is 1.44. The van der Waals surface area contributed by atoms with Crippen LogP contribution in [0, 0.1) is 0 Å². The van der Waals surface area contributed by atoms with Crippen LogP contribution in [0.4, 0.5) is 5.69 Å². The number of thiocarbonyl (C=S) groups is 1. The number of hydrogen-bond donors (Lipinski definition) is 2. The Kier molecular flexibility index (Phi) is 7.82. The number of rotatable bonds is 6. The molecule has 0 radical (unpaired) electrons. The summed E-state index contributed by atoms with van der Waals surface area (Å²) < 4.78 is 11.5. The van der Waals surface area contributed by atoms with Crippen molar-refractivity contribution in [2.75, 3.05) is 5.32 Å². The molecule has 0 bridgehead atoms. The number of benzene rings is 3. The zero-order valence-electron chi connectivity index (χ0n) is 18.7. The minimum atomic E-state index is -0.872. The maximum Gasteiger partial charge on any atom is 0.266 e. The highest BCUT2D eigenvalue weighted by molar-refractivity contribution is 7.80. The lowest BCUT2D eigenvalue weighted by Gasteiger charge is -2.17. The second-order valence-electron chi connectivity index (χ2n) is 7.65. The van der Waals surface area contributed by atoms with Gasteiger partial charge in [-0.05, 0) is 79.7 Å². The molecule has 0 saturated heterocycles. The molecule has 0 fully saturated rings. The average molecular weight is 549 g/mol. The van der Waals surface area contributed by atoms with Crippen molar-refractivity contribution in [2.24, 2.45) is 0 Å². The standard InChI is InChI=1S/C25H20Cl3N3O3S/c1-3-14-4-8-22-20(10-14)29-24(34-22)15-5-7-17(27)19(11-15)30-25(35)31-23(32)13(2)33-21-9-6-16(26)12-18(21)28/h4-13H,3H2,1-2H3,(H2,30,31,32,35). The number of nitrogens with zero attached hydrogens (tertiary/aromatic N) is 1. The number of hydrogen-bond acceptors (Lipinski definition) is 5. The molecule has 0 aliphatic rings. The third kappa shape index (κ3) is 6.05. The number of oxazole rings is 1. The van der Waals surface area contributed by atoms with E-state index in [1.165, 1.54) is 11.6 Å². The van der Waals surface area contributed by atoms with Crippen LogP contribution in [0.1, 0.15) is 19.4 Å². The lowest BCUT2D eigenvalue weighted by Crippen LogP contribution is -2.42. The maximum absolute atomic E-state index is 12.6. The number of amides is 1. The molecule has 1 heterocycles. The van der Waals surface area contributed by atoms with E-state index in [2.05, 4.69) is 22.5 Å². The van der Waals surface area contributed by atoms with E-state index in [1.807, 2.05) is 18.2 Å². The molecule has 1 amide bonds. The molecule has 2 N–H and O–H groups in total. The van der Waals surface area contributed by atoms with Crippen molar-refractivity contribution in [3.05, 3.63) is 75.2 Å². The Morgan fingerprint density at radius 1 is 1.09 bits per heavy atom. The smallest absolute Gasteiger partial charge is 0.266 e. The molecule has 10 heteroatoms. The van der Waals surface area contributed by atoms with Crippen molar-refractivity contribution >= 4 is 74.8 Å². The van der Waals surface area contributed by atoms with E-state index in [0.29, 0.717) is 43.5 Å². The summed E-state index contributed by atoms with van der Waals surface area (Å²) in [4.78, 5) is 17.2. The fourth-order valence-corrected chi connectivity index (χ4v) is 4.08. The predicted octanol–water partition coefficient (Wildman–Crippen LogP) is 7.30. The maximum atomic E-state index is 12.6. The molecule has 4 rings (SSSR count). The number of aryl methyl sites for hydroxylation is 1. The molecule has 0 aliphatic carbocycles. The lowest BCUT2D eigenvalue weighted by molar-refractivity contribution is -0.125. The molecule has 6 nitrogen and oxygen atoms in total. The second kappa shape index (κ2) is 10.8. The summed E-state index contributed by atoms with van der Waals surface area (Å²) in [5.74, 6) is 0.314. The first-order chi connectivity index (χ1) is 16.7. The first-order valence-electron chi connectivity index (χ1n) is 10.7. The molecule has 1 atom stereocenters. The number of anilines is 1. The van der Waals surface area contributed by atoms with Gasteiger partial charge in [0.1, 0.15) is 11.3 Å². The SMILES string of the molecule is CCc1ccc2oc(-c3ccc(Cl)c(NC(=S)NC(=O)C(C)Oc4ccc(Cl)cc4Cl)c3)nc2c1. The highest BCUT2D eigenvalue weighted by Crippen LogP contribution is 2.31. The Morgan fingerprint density at radius 3 is 2.63 bits per heavy atom. The predicted molar refractivity (Wildman–Crippen MR) is 145 cm³/mol. The Morgan fingerprint density at radius 2 is 1.89 bits per heavy atom. The first kappa shape index (κ1) is 25.3. The average Bonchev–Trinajstić information content (AvgIpc) is 3.25. The third-order valence-corrected chi connectivity index (χ3v) is 6.19. The van der Waals surface area contributed by atoms with Crippen LogP contribution in [-0.4, -0.2) is 22.1 Å². The van der Waals surface area contributed by atoms with Gasteiger partial charge in [-0.2, -0.15) is 0 Å². The molecule has 0 spiro atoms. The fourth-order valence-electron chi connectivity index (χ4n) is 3.25. The van der Waals surface area contributed by atoms with Crippen molar-refractivity contribution < 1.29 is 13.9 Å². The van der Waals surface area contributed by atoms with E-state index in [9.17, 15) is 4.79 Å². The van der Waals surface area contributed by atoms with Gasteiger partial charge < -0.3 is 14.5 Å². The first-order valence-corrected chi connectivity index (χ1v) is 12.2. The monoisotopic (exact) mass is 547 g/mol. The summed E-state index contributed by atoms with van der Waals surface area (Å²) in [6, 6.07) is 15.9. The van der Waals surface area contributed by atoms with Gasteiger partial charge in [-0.15, -0.1) is 0 Å². The van der Waals surface area contributed by atoms with E-state index >= 15 is 0 Å². The third-order valence-electron chi connectivity index (χ3n) is 5.13. The number of carbonyl (C=O) groups is 1. The van der Waals surface area contributed by atoms with Gasteiger partial charge in [-0.1, -0.05) is 47.8 Å². The van der Waals surface area contributed by atoms with E-state index in [0.717, 1.165) is 11.9 Å². The number of fused-ring (bicyclic) bond motifs is 1. The minimum absolute atomic E-state index is 0.0526. The molecular formula is C25H20Cl3N3O3S. The van der Waals surface area contributed by atoms with E-state index in [1.54, 1.807) is 37.3 Å². The van der Waals surface area contributed by atoms with Crippen molar-refractivity contribution in [1.82, 2.24) is 10.3 Å². The van der Waals surface area contributed by atoms with Gasteiger partial charge in [0.15, 0.2) is 16.8 Å². The van der Waals surface area contributed by atoms with Crippen molar-refractivity contribution in [1.29, 1.82) is 0 Å². The van der Waals surface area contributed by atoms with Crippen LogP contribution in [0.15, 0.2) is 59.0 Å². The molecule has 4 aromatic rings. The highest BCUT2D eigenvalue weighted by atomic mass is 35.5. The zero-order chi connectivity index (χ0) is 25.1. The minimum Gasteiger partial charge on any atom is -0.479 e. The molecule has 0 aliphatic heterocycles. The molecule has 0 saturated carbocycles. The topological polar surface area (TPSA) is 76.4 Å². The van der Waals surface area contributed by atoms with Gasteiger partial charge in [-0.25, -0.2) is 4.98 Å². The van der Waals surface area contributed by atoms with Crippen LogP contribution >= 0.6 is 47.0 Å². The summed E-state index contributed by atoms with van der Waals surface area (Å²) in [5.41, 5.74) is 3.84. The van der Waals surface area contributed by atoms with Crippen molar-refractivity contribution in [3.63, 3.8) is 0 Å². The van der Waals surface area contributed by atoms with Crippen LogP contribution in [-0.2, 0) is 11.2 Å². The summed E-state index contributed by atoms with van der Waals surface area (Å²) >= 11 is 23.6. The number of halogens is 3. The van der Waals surface area contributed by atoms with Crippen molar-refractivity contribution in [3.8, 4) is 17.2 Å². The largest absolute Gasteiger partial charge is 0.479 e. The van der Waals surface area contributed by atoms with Crippen LogP contribution in [0.3, 0.4) is 0 Å². The summed E-state index contributed by atoms with van der Waals surface area (Å²) in [6.07, 6.45) is 0.0372. The Hall–Kier alpha value is -2.84. The molecule has 3 aromatic carbocycles. The number of nitrogens with one attached hydrogen (secondary N) is 2. The van der Waals surface area contributed by atoms with Gasteiger partial charge >= 0.3 is 0 Å². The fraction of sp³-hybridized carbons (Fsp3) is 0.160. The second-order valence-corrected chi connectivity index (χ2v) is 9.31. The van der Waals surface area contributed by atoms with Crippen LogP contribution in [0.25, 0.3) is 22.6 Å². The number of carbonyl (C=O) groups excluding carboxylic acids is 1. The summed E-state index contributed by atoms with van der Waals surface area (Å²) in [5, 5.41) is 6.75. The normalized spacial score (nSPS) is 11.8. The highest BCUT2D eigenvalue weighted by Gasteiger charge is 2.18. The number of ether oxygens (including phenoxy) is 1. The number of aromatic nitrogens is 1. The quantitative estimate of drug-likeness (QED) is 0.246. The van der Waals surface area contributed by atoms with Gasteiger partial charge in [0.2, 0.25) is 5.89 Å². The van der Waals surface area contributed by atoms with Crippen LogP contribution in [0.5, 0.6) is 5.75 Å². The molecular weight excluding hydrogens is 529 g/mol. The lowest BCUT2D eigenvalue weighted by atomic mass is 10.1. The zero-order valence-corrected chi connectivity index (χ0v) is 21.8. The molecule has 35 heavy (non-hydrogen) atoms. The summed E-state index contributed by atoms with van der Waals surface area (Å²) in [7, 11) is 0. The molecule has 1 aromatic heterocycles. The van der Waals surface area contributed by atoms with Gasteiger partial charge in [0.25, 0.3) is 5.91 Å². The van der Waals surface area contributed by atoms with Crippen LogP contribution < -0.4 is 15.4 Å². The Labute approximate surface area is 222 Å². The van der Waals surface area contributed by atoms with Gasteiger partial charge in [0, 0.05) is 10.6 Å². The van der Waals surface area contributed by atoms with Crippen molar-refractivity contribution in [2.45, 2.75) is 26.4 Å². The van der Waals surface area contributed by atoms with E-state index in [4.69, 9.17) is 56.2 Å². The molecule has 1 unspecified atom stereocenters.